The van der Waals surface area contributed by atoms with Crippen LogP contribution in [0.3, 0.4) is 0 Å². The number of anilines is 1. The van der Waals surface area contributed by atoms with Gasteiger partial charge in [-0.05, 0) is 37.5 Å². The highest BCUT2D eigenvalue weighted by Gasteiger charge is 2.22. The van der Waals surface area contributed by atoms with Gasteiger partial charge in [0, 0.05) is 13.1 Å². The lowest BCUT2D eigenvalue weighted by Gasteiger charge is -2.33. The van der Waals surface area contributed by atoms with E-state index < -0.39 is 0 Å². The van der Waals surface area contributed by atoms with E-state index in [0.717, 1.165) is 25.1 Å². The summed E-state index contributed by atoms with van der Waals surface area (Å²) in [6.45, 7) is 5.16. The summed E-state index contributed by atoms with van der Waals surface area (Å²) < 4.78 is 5.94. The fraction of sp³-hybridized carbons (Fsp3) is 0.571. The van der Waals surface area contributed by atoms with E-state index in [2.05, 4.69) is 37.1 Å². The van der Waals surface area contributed by atoms with Gasteiger partial charge in [-0.1, -0.05) is 13.0 Å². The summed E-state index contributed by atoms with van der Waals surface area (Å²) in [6.07, 6.45) is 2.27. The molecule has 1 aromatic carbocycles. The monoisotopic (exact) mass is 234 g/mol. The summed E-state index contributed by atoms with van der Waals surface area (Å²) in [5.74, 6) is 0.999. The van der Waals surface area contributed by atoms with Gasteiger partial charge in [0.1, 0.15) is 11.9 Å². The van der Waals surface area contributed by atoms with Crippen LogP contribution < -0.4 is 15.4 Å². The molecule has 1 aliphatic heterocycles. The molecular weight excluding hydrogens is 212 g/mol. The van der Waals surface area contributed by atoms with Crippen molar-refractivity contribution in [2.75, 3.05) is 18.5 Å². The number of hydrogen-bond donors (Lipinski definition) is 1. The average molecular weight is 234 g/mol. The molecule has 0 bridgehead atoms. The molecule has 17 heavy (non-hydrogen) atoms. The van der Waals surface area contributed by atoms with Crippen LogP contribution in [0.15, 0.2) is 18.2 Å². The van der Waals surface area contributed by atoms with Gasteiger partial charge in [0.15, 0.2) is 0 Å². The van der Waals surface area contributed by atoms with E-state index in [1.807, 2.05) is 6.92 Å². The molecule has 2 atom stereocenters. The van der Waals surface area contributed by atoms with Gasteiger partial charge < -0.3 is 15.4 Å². The number of benzene rings is 1. The highest BCUT2D eigenvalue weighted by atomic mass is 16.5. The van der Waals surface area contributed by atoms with Gasteiger partial charge in [-0.3, -0.25) is 0 Å². The predicted molar refractivity (Wildman–Crippen MR) is 71.8 cm³/mol. The fourth-order valence-electron chi connectivity index (χ4n) is 2.29. The lowest BCUT2D eigenvalue weighted by Crippen LogP contribution is -2.37. The van der Waals surface area contributed by atoms with E-state index in [1.165, 1.54) is 11.3 Å². The molecule has 2 rings (SSSR count). The Labute approximate surface area is 104 Å². The van der Waals surface area contributed by atoms with Gasteiger partial charge in [0.25, 0.3) is 0 Å². The Balaban J connectivity index is 2.24. The molecule has 1 heterocycles. The first-order valence-electron chi connectivity index (χ1n) is 6.36. The highest BCUT2D eigenvalue weighted by Crippen LogP contribution is 2.34. The van der Waals surface area contributed by atoms with Crippen LogP contribution in [0.2, 0.25) is 0 Å². The van der Waals surface area contributed by atoms with Crippen LogP contribution in [0, 0.1) is 0 Å². The van der Waals surface area contributed by atoms with Crippen molar-refractivity contribution in [3.63, 3.8) is 0 Å². The molecule has 2 N–H and O–H groups in total. The Morgan fingerprint density at radius 2 is 2.29 bits per heavy atom. The molecule has 0 aliphatic carbocycles. The van der Waals surface area contributed by atoms with Crippen molar-refractivity contribution in [1.82, 2.24) is 0 Å². The summed E-state index contributed by atoms with van der Waals surface area (Å²) in [5.41, 5.74) is 8.30. The third-order valence-corrected chi connectivity index (χ3v) is 3.22. The third kappa shape index (κ3) is 2.72. The minimum atomic E-state index is 0.200. The Morgan fingerprint density at radius 1 is 1.53 bits per heavy atom. The molecular formula is C14H22N2O. The minimum absolute atomic E-state index is 0.200. The van der Waals surface area contributed by atoms with Crippen molar-refractivity contribution in [1.29, 1.82) is 0 Å². The first-order valence-corrected chi connectivity index (χ1v) is 6.36. The van der Waals surface area contributed by atoms with E-state index in [4.69, 9.17) is 10.5 Å². The average Bonchev–Trinajstić information content (AvgIpc) is 2.29. The van der Waals surface area contributed by atoms with Crippen molar-refractivity contribution in [3.8, 4) is 5.75 Å². The Morgan fingerprint density at radius 3 is 2.94 bits per heavy atom. The quantitative estimate of drug-likeness (QED) is 0.871. The van der Waals surface area contributed by atoms with E-state index in [-0.39, 0.29) is 6.04 Å². The lowest BCUT2D eigenvalue weighted by molar-refractivity contribution is 0.191. The van der Waals surface area contributed by atoms with Crippen molar-refractivity contribution in [2.24, 2.45) is 5.73 Å². The van der Waals surface area contributed by atoms with Crippen molar-refractivity contribution in [2.45, 2.75) is 38.8 Å². The second kappa shape index (κ2) is 4.96. The van der Waals surface area contributed by atoms with Gasteiger partial charge in [-0.25, -0.2) is 0 Å². The van der Waals surface area contributed by atoms with Crippen LogP contribution in [0.1, 0.15) is 25.8 Å². The molecule has 0 saturated carbocycles. The summed E-state index contributed by atoms with van der Waals surface area (Å²) in [6, 6.07) is 6.59. The zero-order valence-corrected chi connectivity index (χ0v) is 10.9. The molecule has 0 aromatic heterocycles. The lowest BCUT2D eigenvalue weighted by atomic mass is 10.0. The number of nitrogens with two attached hydrogens (primary N) is 1. The normalized spacial score (nSPS) is 20.7. The molecule has 1 aliphatic rings. The molecule has 2 unspecified atom stereocenters. The molecule has 0 fully saturated rings. The van der Waals surface area contributed by atoms with Crippen LogP contribution in [-0.2, 0) is 6.42 Å². The number of fused-ring (bicyclic) bond motifs is 1. The second-order valence-electron chi connectivity index (χ2n) is 5.01. The van der Waals surface area contributed by atoms with Crippen molar-refractivity contribution >= 4 is 5.69 Å². The number of hydrogen-bond acceptors (Lipinski definition) is 3. The maximum absolute atomic E-state index is 5.94. The molecule has 0 saturated heterocycles. The Bertz CT molecular complexity index is 390. The molecule has 1 aromatic rings. The number of nitrogens with zero attached hydrogens (tertiary/aromatic N) is 1. The Hall–Kier alpha value is -1.22. The topological polar surface area (TPSA) is 38.5 Å². The van der Waals surface area contributed by atoms with Gasteiger partial charge >= 0.3 is 0 Å². The van der Waals surface area contributed by atoms with Gasteiger partial charge in [-0.15, -0.1) is 0 Å². The zero-order chi connectivity index (χ0) is 12.4. The van der Waals surface area contributed by atoms with Crippen molar-refractivity contribution < 1.29 is 4.74 Å². The van der Waals surface area contributed by atoms with E-state index in [9.17, 15) is 0 Å². The van der Waals surface area contributed by atoms with Crippen LogP contribution in [-0.4, -0.2) is 25.7 Å². The number of rotatable bonds is 3. The van der Waals surface area contributed by atoms with E-state index >= 15 is 0 Å². The minimum Gasteiger partial charge on any atom is -0.486 e. The van der Waals surface area contributed by atoms with E-state index in [1.54, 1.807) is 0 Å². The number of likely N-dealkylation sites (N-methyl/N-ethyl adjacent to an activating group) is 1. The summed E-state index contributed by atoms with van der Waals surface area (Å²) in [7, 11) is 2.12. The van der Waals surface area contributed by atoms with Crippen LogP contribution >= 0.6 is 0 Å². The molecule has 0 spiro atoms. The first-order chi connectivity index (χ1) is 8.10. The van der Waals surface area contributed by atoms with Gasteiger partial charge in [0.2, 0.25) is 0 Å². The third-order valence-electron chi connectivity index (χ3n) is 3.22. The summed E-state index contributed by atoms with van der Waals surface area (Å²) in [5, 5.41) is 0. The standard InChI is InChI=1S/C14H22N2O/c1-4-12-9-16(3)13-8-11(7-10(2)15)5-6-14(13)17-12/h5-6,8,10,12H,4,7,9,15H2,1-3H3. The first kappa shape index (κ1) is 12.2. The highest BCUT2D eigenvalue weighted by molar-refractivity contribution is 5.61. The fourth-order valence-corrected chi connectivity index (χ4v) is 2.29. The largest absolute Gasteiger partial charge is 0.486 e. The van der Waals surface area contributed by atoms with Gasteiger partial charge in [0.05, 0.1) is 12.2 Å². The van der Waals surface area contributed by atoms with Crippen molar-refractivity contribution in [3.05, 3.63) is 23.8 Å². The molecule has 94 valence electrons. The zero-order valence-electron chi connectivity index (χ0n) is 10.9. The second-order valence-corrected chi connectivity index (χ2v) is 5.01. The van der Waals surface area contributed by atoms with Crippen LogP contribution in [0.5, 0.6) is 5.75 Å². The molecule has 3 nitrogen and oxygen atoms in total. The van der Waals surface area contributed by atoms with Gasteiger partial charge in [-0.2, -0.15) is 0 Å². The maximum atomic E-state index is 5.94. The van der Waals surface area contributed by atoms with E-state index in [0.29, 0.717) is 6.10 Å². The molecule has 0 radical (unpaired) electrons. The molecule has 3 heteroatoms. The molecule has 0 amide bonds. The SMILES string of the molecule is CCC1CN(C)c2cc(CC(C)N)ccc2O1. The smallest absolute Gasteiger partial charge is 0.143 e. The summed E-state index contributed by atoms with van der Waals surface area (Å²) >= 11 is 0. The maximum Gasteiger partial charge on any atom is 0.143 e. The van der Waals surface area contributed by atoms with Crippen LogP contribution in [0.25, 0.3) is 0 Å². The predicted octanol–water partition coefficient (Wildman–Crippen LogP) is 2.18. The summed E-state index contributed by atoms with van der Waals surface area (Å²) in [4.78, 5) is 2.28. The number of ether oxygens (including phenoxy) is 1. The van der Waals surface area contributed by atoms with Crippen LogP contribution in [0.4, 0.5) is 5.69 Å². The Kier molecular flexibility index (Phi) is 3.57.